The maximum absolute atomic E-state index is 12.8. The van der Waals surface area contributed by atoms with Crippen molar-refractivity contribution in [2.24, 2.45) is 5.84 Å². The quantitative estimate of drug-likeness (QED) is 0.249. The number of rotatable bonds is 4. The van der Waals surface area contributed by atoms with Gasteiger partial charge in [0.25, 0.3) is 5.91 Å². The highest BCUT2D eigenvalue weighted by atomic mass is 16.5. The number of amides is 2. The molecule has 0 fully saturated rings. The Balaban J connectivity index is 1.97. The molecule has 8 nitrogen and oxygen atoms in total. The number of ether oxygens (including phenoxy) is 1. The van der Waals surface area contributed by atoms with E-state index in [1.54, 1.807) is 42.6 Å². The fourth-order valence-corrected chi connectivity index (χ4v) is 2.43. The van der Waals surface area contributed by atoms with E-state index in [2.05, 4.69) is 4.98 Å². The summed E-state index contributed by atoms with van der Waals surface area (Å²) in [6.45, 7) is 0.140. The minimum atomic E-state index is -0.381. The molecule has 2 amide bonds. The largest absolute Gasteiger partial charge is 0.449 e. The Morgan fingerprint density at radius 1 is 1.32 bits per heavy atom. The first-order chi connectivity index (χ1) is 12.1. The van der Waals surface area contributed by atoms with Crippen molar-refractivity contribution in [3.63, 3.8) is 0 Å². The highest BCUT2D eigenvalue weighted by Gasteiger charge is 2.30. The molecule has 128 valence electrons. The van der Waals surface area contributed by atoms with Crippen LogP contribution >= 0.6 is 0 Å². The van der Waals surface area contributed by atoms with E-state index < -0.39 is 0 Å². The number of pyridine rings is 1. The molecule has 1 aromatic heterocycles. The molecular weight excluding hydrogens is 322 g/mol. The number of nitrogens with zero attached hydrogens (tertiary/aromatic N) is 2. The maximum Gasteiger partial charge on any atom is 0.294 e. The van der Waals surface area contributed by atoms with Gasteiger partial charge in [0, 0.05) is 30.9 Å². The predicted octanol–water partition coefficient (Wildman–Crippen LogP) is 0.810. The van der Waals surface area contributed by atoms with Gasteiger partial charge in [0.15, 0.2) is 11.5 Å². The topological polar surface area (TPSA) is 124 Å². The second kappa shape index (κ2) is 7.02. The SMILES string of the molecule is NNC(=O)CCN1C(=O)/C(=C\c2ccccn2)Oc2ccc(N)cc21. The number of hydrazine groups is 1. The van der Waals surface area contributed by atoms with Crippen LogP contribution in [-0.2, 0) is 9.59 Å². The van der Waals surface area contributed by atoms with Crippen molar-refractivity contribution in [1.29, 1.82) is 0 Å². The summed E-state index contributed by atoms with van der Waals surface area (Å²) >= 11 is 0. The summed E-state index contributed by atoms with van der Waals surface area (Å²) in [6, 6.07) is 10.3. The van der Waals surface area contributed by atoms with Gasteiger partial charge in [-0.15, -0.1) is 0 Å². The molecule has 0 spiro atoms. The van der Waals surface area contributed by atoms with Gasteiger partial charge in [-0.1, -0.05) is 6.07 Å². The van der Waals surface area contributed by atoms with E-state index in [0.717, 1.165) is 0 Å². The van der Waals surface area contributed by atoms with Gasteiger partial charge >= 0.3 is 0 Å². The number of anilines is 2. The molecule has 25 heavy (non-hydrogen) atoms. The van der Waals surface area contributed by atoms with Crippen LogP contribution in [0.4, 0.5) is 11.4 Å². The number of nitrogens with one attached hydrogen (secondary N) is 1. The van der Waals surface area contributed by atoms with Crippen molar-refractivity contribution in [1.82, 2.24) is 10.4 Å². The van der Waals surface area contributed by atoms with Gasteiger partial charge in [0.05, 0.1) is 11.4 Å². The van der Waals surface area contributed by atoms with E-state index in [4.69, 9.17) is 16.3 Å². The molecule has 1 aromatic carbocycles. The van der Waals surface area contributed by atoms with Crippen molar-refractivity contribution >= 4 is 29.3 Å². The van der Waals surface area contributed by atoms with Crippen molar-refractivity contribution in [3.8, 4) is 5.75 Å². The molecule has 0 unspecified atom stereocenters. The van der Waals surface area contributed by atoms with Crippen LogP contribution in [0.3, 0.4) is 0 Å². The summed E-state index contributed by atoms with van der Waals surface area (Å²) in [6.07, 6.45) is 3.22. The molecule has 3 rings (SSSR count). The monoisotopic (exact) mass is 339 g/mol. The van der Waals surface area contributed by atoms with Gasteiger partial charge in [0.2, 0.25) is 5.91 Å². The molecule has 0 radical (unpaired) electrons. The normalized spacial score (nSPS) is 14.8. The molecule has 8 heteroatoms. The van der Waals surface area contributed by atoms with E-state index in [1.165, 1.54) is 4.90 Å². The van der Waals surface area contributed by atoms with Crippen molar-refractivity contribution in [2.45, 2.75) is 6.42 Å². The summed E-state index contributed by atoms with van der Waals surface area (Å²) in [7, 11) is 0. The number of hydrogen-bond acceptors (Lipinski definition) is 6. The van der Waals surface area contributed by atoms with Crippen LogP contribution in [0.2, 0.25) is 0 Å². The Morgan fingerprint density at radius 3 is 2.88 bits per heavy atom. The van der Waals surface area contributed by atoms with Crippen molar-refractivity contribution in [3.05, 3.63) is 54.0 Å². The first-order valence-electron chi connectivity index (χ1n) is 7.60. The number of benzene rings is 1. The molecule has 2 aromatic rings. The van der Waals surface area contributed by atoms with Crippen molar-refractivity contribution in [2.75, 3.05) is 17.2 Å². The lowest BCUT2D eigenvalue weighted by Crippen LogP contribution is -2.40. The molecule has 0 aliphatic carbocycles. The van der Waals surface area contributed by atoms with E-state index >= 15 is 0 Å². The van der Waals surface area contributed by atoms with Crippen molar-refractivity contribution < 1.29 is 14.3 Å². The van der Waals surface area contributed by atoms with Crippen LogP contribution in [0.5, 0.6) is 5.75 Å². The molecule has 1 aliphatic rings. The molecular formula is C17H17N5O3. The second-order valence-corrected chi connectivity index (χ2v) is 5.37. The number of hydrogen-bond donors (Lipinski definition) is 3. The Labute approximate surface area is 144 Å². The van der Waals surface area contributed by atoms with E-state index in [0.29, 0.717) is 22.8 Å². The average Bonchev–Trinajstić information content (AvgIpc) is 2.63. The number of carbonyl (C=O) groups excluding carboxylic acids is 2. The Morgan fingerprint density at radius 2 is 2.16 bits per heavy atom. The zero-order valence-electron chi connectivity index (χ0n) is 13.3. The van der Waals surface area contributed by atoms with Gasteiger partial charge < -0.3 is 15.4 Å². The summed E-state index contributed by atoms with van der Waals surface area (Å²) in [4.78, 5) is 29.9. The number of carbonyl (C=O) groups is 2. The minimum absolute atomic E-state index is 0.0490. The summed E-state index contributed by atoms with van der Waals surface area (Å²) in [5.74, 6) is 4.94. The summed E-state index contributed by atoms with van der Waals surface area (Å²) in [5, 5.41) is 0. The van der Waals surface area contributed by atoms with Crippen LogP contribution < -0.4 is 26.6 Å². The third-order valence-corrected chi connectivity index (χ3v) is 3.64. The van der Waals surface area contributed by atoms with Gasteiger partial charge in [0.1, 0.15) is 0 Å². The van der Waals surface area contributed by atoms with Crippen LogP contribution in [0.25, 0.3) is 6.08 Å². The smallest absolute Gasteiger partial charge is 0.294 e. The lowest BCUT2D eigenvalue weighted by Gasteiger charge is -2.30. The predicted molar refractivity (Wildman–Crippen MR) is 93.0 cm³/mol. The molecule has 5 N–H and O–H groups in total. The Hall–Kier alpha value is -3.39. The molecule has 2 heterocycles. The number of fused-ring (bicyclic) bond motifs is 1. The molecule has 0 atom stereocenters. The zero-order valence-corrected chi connectivity index (χ0v) is 13.3. The van der Waals surface area contributed by atoms with Crippen LogP contribution in [0, 0.1) is 0 Å². The first kappa shape index (κ1) is 16.5. The zero-order chi connectivity index (χ0) is 17.8. The fraction of sp³-hybridized carbons (Fsp3) is 0.118. The van der Waals surface area contributed by atoms with Crippen LogP contribution in [0.1, 0.15) is 12.1 Å². The van der Waals surface area contributed by atoms with E-state index in [1.807, 2.05) is 11.5 Å². The highest BCUT2D eigenvalue weighted by Crippen LogP contribution is 2.37. The van der Waals surface area contributed by atoms with E-state index in [9.17, 15) is 9.59 Å². The van der Waals surface area contributed by atoms with Gasteiger partial charge in [-0.3, -0.25) is 20.0 Å². The van der Waals surface area contributed by atoms with Crippen LogP contribution in [0.15, 0.2) is 48.4 Å². The Bertz CT molecular complexity index is 835. The minimum Gasteiger partial charge on any atom is -0.449 e. The van der Waals surface area contributed by atoms with Gasteiger partial charge in [-0.05, 0) is 30.3 Å². The third-order valence-electron chi connectivity index (χ3n) is 3.64. The number of nitrogens with two attached hydrogens (primary N) is 2. The standard InChI is InChI=1S/C17H17N5O3/c18-11-4-5-14-13(9-11)22(8-6-16(23)21-19)17(24)15(25-14)10-12-3-1-2-7-20-12/h1-5,7,9-10H,6,8,18-19H2,(H,21,23)/b15-10+. The Kier molecular flexibility index (Phi) is 4.62. The van der Waals surface area contributed by atoms with Gasteiger partial charge in [-0.2, -0.15) is 0 Å². The summed E-state index contributed by atoms with van der Waals surface area (Å²) in [5.41, 5.74) is 9.44. The number of nitrogen functional groups attached to an aromatic ring is 1. The first-order valence-corrected chi connectivity index (χ1v) is 7.60. The lowest BCUT2D eigenvalue weighted by atomic mass is 10.1. The highest BCUT2D eigenvalue weighted by molar-refractivity contribution is 6.10. The fourth-order valence-electron chi connectivity index (χ4n) is 2.43. The lowest BCUT2D eigenvalue weighted by molar-refractivity contribution is -0.121. The second-order valence-electron chi connectivity index (χ2n) is 5.37. The van der Waals surface area contributed by atoms with Gasteiger partial charge in [-0.25, -0.2) is 5.84 Å². The molecule has 0 saturated carbocycles. The van der Waals surface area contributed by atoms with E-state index in [-0.39, 0.29) is 30.5 Å². The van der Waals surface area contributed by atoms with Crippen LogP contribution in [-0.4, -0.2) is 23.3 Å². The third kappa shape index (κ3) is 3.59. The average molecular weight is 339 g/mol. The molecule has 0 bridgehead atoms. The number of aromatic nitrogens is 1. The molecule has 0 saturated heterocycles. The maximum atomic E-state index is 12.8. The molecule has 1 aliphatic heterocycles. The summed E-state index contributed by atoms with van der Waals surface area (Å²) < 4.78 is 5.72.